The number of hydrogen-bond donors (Lipinski definition) is 2. The van der Waals surface area contributed by atoms with E-state index in [2.05, 4.69) is 36.4 Å². The Bertz CT molecular complexity index is 642. The lowest BCUT2D eigenvalue weighted by atomic mass is 10.1. The van der Waals surface area contributed by atoms with Gasteiger partial charge < -0.3 is 10.1 Å². The number of hydrogen-bond acceptors (Lipinski definition) is 4. The number of aromatic nitrogens is 3. The standard InChI is InChI=1S/C14H17BrN4O2/c1-4-12-17-13(19-18-12)14(20)16-8(2)9-5-6-11(21-3)10(15)7-9/h5-8H,4H2,1-3H3,(H,16,20)(H,17,18,19). The van der Waals surface area contributed by atoms with Crippen molar-refractivity contribution in [2.75, 3.05) is 7.11 Å². The molecule has 2 rings (SSSR count). The van der Waals surface area contributed by atoms with Crippen LogP contribution in [-0.4, -0.2) is 28.2 Å². The summed E-state index contributed by atoms with van der Waals surface area (Å²) >= 11 is 3.43. The third kappa shape index (κ3) is 3.60. The Morgan fingerprint density at radius 3 is 2.86 bits per heavy atom. The second kappa shape index (κ2) is 6.71. The number of methoxy groups -OCH3 is 1. The average molecular weight is 353 g/mol. The van der Waals surface area contributed by atoms with Gasteiger partial charge >= 0.3 is 0 Å². The van der Waals surface area contributed by atoms with E-state index < -0.39 is 0 Å². The number of carbonyl (C=O) groups excluding carboxylic acids is 1. The van der Waals surface area contributed by atoms with Gasteiger partial charge in [0.1, 0.15) is 11.6 Å². The van der Waals surface area contributed by atoms with Crippen molar-refractivity contribution in [1.82, 2.24) is 20.5 Å². The van der Waals surface area contributed by atoms with Crippen molar-refractivity contribution in [3.8, 4) is 5.75 Å². The molecule has 6 nitrogen and oxygen atoms in total. The van der Waals surface area contributed by atoms with E-state index in [1.54, 1.807) is 7.11 Å². The van der Waals surface area contributed by atoms with Gasteiger partial charge in [-0.25, -0.2) is 4.98 Å². The summed E-state index contributed by atoms with van der Waals surface area (Å²) in [7, 11) is 1.61. The summed E-state index contributed by atoms with van der Waals surface area (Å²) in [6.45, 7) is 3.85. The number of ether oxygens (including phenoxy) is 1. The number of amides is 1. The second-order valence-corrected chi connectivity index (χ2v) is 5.40. The zero-order valence-corrected chi connectivity index (χ0v) is 13.7. The fraction of sp³-hybridized carbons (Fsp3) is 0.357. The first kappa shape index (κ1) is 15.5. The largest absolute Gasteiger partial charge is 0.496 e. The smallest absolute Gasteiger partial charge is 0.291 e. The Hall–Kier alpha value is -1.89. The van der Waals surface area contributed by atoms with Crippen molar-refractivity contribution in [3.05, 3.63) is 39.9 Å². The quantitative estimate of drug-likeness (QED) is 0.866. The number of aryl methyl sites for hydroxylation is 1. The van der Waals surface area contributed by atoms with E-state index in [0.717, 1.165) is 15.8 Å². The molecule has 1 atom stereocenters. The van der Waals surface area contributed by atoms with E-state index in [1.165, 1.54) is 0 Å². The molecule has 7 heteroatoms. The fourth-order valence-corrected chi connectivity index (χ4v) is 2.41. The molecular formula is C14H17BrN4O2. The van der Waals surface area contributed by atoms with E-state index in [4.69, 9.17) is 4.74 Å². The number of rotatable bonds is 5. The minimum absolute atomic E-state index is 0.159. The summed E-state index contributed by atoms with van der Waals surface area (Å²) < 4.78 is 6.03. The number of carbonyl (C=O) groups is 1. The third-order valence-electron chi connectivity index (χ3n) is 3.09. The Morgan fingerprint density at radius 2 is 2.29 bits per heavy atom. The van der Waals surface area contributed by atoms with Gasteiger partial charge in [-0.2, -0.15) is 0 Å². The van der Waals surface area contributed by atoms with Crippen molar-refractivity contribution >= 4 is 21.8 Å². The van der Waals surface area contributed by atoms with Gasteiger partial charge in [0.2, 0.25) is 5.82 Å². The number of halogens is 1. The van der Waals surface area contributed by atoms with Gasteiger partial charge in [-0.1, -0.05) is 13.0 Å². The highest BCUT2D eigenvalue weighted by Gasteiger charge is 2.16. The van der Waals surface area contributed by atoms with Gasteiger partial charge in [-0.3, -0.25) is 9.89 Å². The summed E-state index contributed by atoms with van der Waals surface area (Å²) in [6.07, 6.45) is 0.710. The van der Waals surface area contributed by atoms with Crippen LogP contribution in [0.5, 0.6) is 5.75 Å². The number of H-pyrrole nitrogens is 1. The van der Waals surface area contributed by atoms with E-state index in [-0.39, 0.29) is 17.8 Å². The molecule has 0 saturated heterocycles. The predicted octanol–water partition coefficient (Wildman–Crippen LogP) is 2.63. The fourth-order valence-electron chi connectivity index (χ4n) is 1.85. The molecule has 0 aliphatic carbocycles. The average Bonchev–Trinajstić information content (AvgIpc) is 2.96. The molecule has 0 fully saturated rings. The van der Waals surface area contributed by atoms with Crippen LogP contribution in [0.1, 0.15) is 41.9 Å². The molecule has 1 aromatic carbocycles. The number of benzene rings is 1. The lowest BCUT2D eigenvalue weighted by Gasteiger charge is -2.14. The maximum Gasteiger partial charge on any atom is 0.291 e. The van der Waals surface area contributed by atoms with Gasteiger partial charge in [0, 0.05) is 6.42 Å². The molecular weight excluding hydrogens is 336 g/mol. The highest BCUT2D eigenvalue weighted by molar-refractivity contribution is 9.10. The van der Waals surface area contributed by atoms with E-state index in [1.807, 2.05) is 32.0 Å². The number of nitrogens with one attached hydrogen (secondary N) is 2. The Labute approximate surface area is 131 Å². The van der Waals surface area contributed by atoms with Crippen molar-refractivity contribution in [1.29, 1.82) is 0 Å². The summed E-state index contributed by atoms with van der Waals surface area (Å²) in [4.78, 5) is 16.2. The van der Waals surface area contributed by atoms with Crippen LogP contribution in [0.15, 0.2) is 22.7 Å². The first-order chi connectivity index (χ1) is 10.0. The zero-order chi connectivity index (χ0) is 15.4. The van der Waals surface area contributed by atoms with Gasteiger partial charge in [-0.05, 0) is 40.5 Å². The normalized spacial score (nSPS) is 12.0. The van der Waals surface area contributed by atoms with Crippen LogP contribution in [0.2, 0.25) is 0 Å². The molecule has 0 radical (unpaired) electrons. The number of aromatic amines is 1. The first-order valence-electron chi connectivity index (χ1n) is 6.60. The molecule has 112 valence electrons. The predicted molar refractivity (Wildman–Crippen MR) is 82.3 cm³/mol. The molecule has 0 spiro atoms. The highest BCUT2D eigenvalue weighted by Crippen LogP contribution is 2.27. The van der Waals surface area contributed by atoms with Crippen LogP contribution in [0.3, 0.4) is 0 Å². The molecule has 1 heterocycles. The lowest BCUT2D eigenvalue weighted by Crippen LogP contribution is -2.27. The van der Waals surface area contributed by atoms with Crippen molar-refractivity contribution in [2.45, 2.75) is 26.3 Å². The molecule has 2 aromatic rings. The molecule has 0 aliphatic heterocycles. The maximum atomic E-state index is 12.1. The minimum Gasteiger partial charge on any atom is -0.496 e. The first-order valence-corrected chi connectivity index (χ1v) is 7.40. The van der Waals surface area contributed by atoms with Crippen molar-refractivity contribution in [3.63, 3.8) is 0 Å². The van der Waals surface area contributed by atoms with Crippen molar-refractivity contribution < 1.29 is 9.53 Å². The van der Waals surface area contributed by atoms with Crippen LogP contribution < -0.4 is 10.1 Å². The summed E-state index contributed by atoms with van der Waals surface area (Å²) in [5, 5.41) is 9.50. The zero-order valence-electron chi connectivity index (χ0n) is 12.1. The van der Waals surface area contributed by atoms with E-state index >= 15 is 0 Å². The SMILES string of the molecule is CCc1nc(C(=O)NC(C)c2ccc(OC)c(Br)c2)n[nH]1. The Balaban J connectivity index is 2.08. The highest BCUT2D eigenvalue weighted by atomic mass is 79.9. The van der Waals surface area contributed by atoms with Gasteiger partial charge in [0.05, 0.1) is 17.6 Å². The molecule has 1 unspecified atom stereocenters. The lowest BCUT2D eigenvalue weighted by molar-refractivity contribution is 0.0929. The van der Waals surface area contributed by atoms with Crippen LogP contribution in [0.4, 0.5) is 0 Å². The summed E-state index contributed by atoms with van der Waals surface area (Å²) in [5.74, 6) is 1.30. The van der Waals surface area contributed by atoms with Crippen LogP contribution in [-0.2, 0) is 6.42 Å². The monoisotopic (exact) mass is 352 g/mol. The molecule has 2 N–H and O–H groups in total. The summed E-state index contributed by atoms with van der Waals surface area (Å²) in [6, 6.07) is 5.51. The molecule has 0 aliphatic rings. The molecule has 0 saturated carbocycles. The minimum atomic E-state index is -0.301. The molecule has 21 heavy (non-hydrogen) atoms. The molecule has 1 aromatic heterocycles. The van der Waals surface area contributed by atoms with E-state index in [9.17, 15) is 4.79 Å². The van der Waals surface area contributed by atoms with Gasteiger partial charge in [0.25, 0.3) is 5.91 Å². The Kier molecular flexibility index (Phi) is 4.95. The van der Waals surface area contributed by atoms with Crippen LogP contribution >= 0.6 is 15.9 Å². The van der Waals surface area contributed by atoms with Crippen LogP contribution in [0.25, 0.3) is 0 Å². The van der Waals surface area contributed by atoms with Gasteiger partial charge in [-0.15, -0.1) is 5.10 Å². The second-order valence-electron chi connectivity index (χ2n) is 4.55. The van der Waals surface area contributed by atoms with Crippen LogP contribution in [0, 0.1) is 0 Å². The third-order valence-corrected chi connectivity index (χ3v) is 3.71. The topological polar surface area (TPSA) is 79.9 Å². The molecule has 0 bridgehead atoms. The molecule has 1 amide bonds. The number of nitrogens with zero attached hydrogens (tertiary/aromatic N) is 2. The van der Waals surface area contributed by atoms with Gasteiger partial charge in [0.15, 0.2) is 0 Å². The van der Waals surface area contributed by atoms with Crippen molar-refractivity contribution in [2.24, 2.45) is 0 Å². The Morgan fingerprint density at radius 1 is 1.52 bits per heavy atom. The van der Waals surface area contributed by atoms with E-state index in [0.29, 0.717) is 12.2 Å². The maximum absolute atomic E-state index is 12.1. The summed E-state index contributed by atoms with van der Waals surface area (Å²) in [5.41, 5.74) is 0.960.